The Labute approximate surface area is 134 Å². The highest BCUT2D eigenvalue weighted by Gasteiger charge is 2.44. The molecule has 1 saturated heterocycles. The van der Waals surface area contributed by atoms with Gasteiger partial charge in [-0.15, -0.1) is 12.4 Å². The Morgan fingerprint density at radius 2 is 1.91 bits per heavy atom. The fourth-order valence-electron chi connectivity index (χ4n) is 3.89. The summed E-state index contributed by atoms with van der Waals surface area (Å²) in [6.45, 7) is 1.79. The van der Waals surface area contributed by atoms with Crippen molar-refractivity contribution >= 4 is 12.4 Å². The largest absolute Gasteiger partial charge is 0.416 e. The molecular formula is C16H19ClF3NO. The van der Waals surface area contributed by atoms with E-state index < -0.39 is 11.7 Å². The van der Waals surface area contributed by atoms with Crippen LogP contribution in [-0.4, -0.2) is 30.1 Å². The first-order valence-corrected chi connectivity index (χ1v) is 7.58. The van der Waals surface area contributed by atoms with Gasteiger partial charge in [0.25, 0.3) is 0 Å². The molecule has 6 heteroatoms. The Kier molecular flexibility index (Phi) is 4.16. The Bertz CT molecular complexity index is 559. The number of halogens is 4. The van der Waals surface area contributed by atoms with Crippen molar-refractivity contribution in [2.45, 2.75) is 50.1 Å². The molecule has 0 N–H and O–H groups in total. The monoisotopic (exact) mass is 333 g/mol. The van der Waals surface area contributed by atoms with Crippen LogP contribution >= 0.6 is 12.4 Å². The van der Waals surface area contributed by atoms with Gasteiger partial charge in [-0.2, -0.15) is 13.2 Å². The van der Waals surface area contributed by atoms with Gasteiger partial charge in [-0.3, -0.25) is 4.90 Å². The van der Waals surface area contributed by atoms with E-state index in [0.717, 1.165) is 18.7 Å². The first kappa shape index (κ1) is 16.1. The first-order chi connectivity index (χ1) is 10.0. The van der Waals surface area contributed by atoms with Gasteiger partial charge in [0.1, 0.15) is 0 Å². The number of ether oxygens (including phenoxy) is 1. The average molecular weight is 334 g/mol. The van der Waals surface area contributed by atoms with E-state index in [0.29, 0.717) is 11.6 Å². The number of hydrogen-bond acceptors (Lipinski definition) is 2. The van der Waals surface area contributed by atoms with Crippen LogP contribution in [0.3, 0.4) is 0 Å². The first-order valence-electron chi connectivity index (χ1n) is 7.58. The summed E-state index contributed by atoms with van der Waals surface area (Å²) in [6.07, 6.45) is -0.536. The van der Waals surface area contributed by atoms with E-state index in [4.69, 9.17) is 4.74 Å². The zero-order valence-electron chi connectivity index (χ0n) is 12.1. The molecule has 0 bridgehead atoms. The second-order valence-corrected chi connectivity index (χ2v) is 6.37. The van der Waals surface area contributed by atoms with E-state index in [2.05, 4.69) is 4.90 Å². The van der Waals surface area contributed by atoms with Crippen molar-refractivity contribution in [1.29, 1.82) is 0 Å². The minimum atomic E-state index is -4.30. The van der Waals surface area contributed by atoms with Crippen molar-refractivity contribution in [3.05, 3.63) is 34.9 Å². The van der Waals surface area contributed by atoms with Gasteiger partial charge in [0.2, 0.25) is 0 Å². The fraction of sp³-hybridized carbons (Fsp3) is 0.625. The number of fused-ring (bicyclic) bond motifs is 3. The molecule has 1 saturated carbocycles. The van der Waals surface area contributed by atoms with Crippen LogP contribution in [0.4, 0.5) is 13.2 Å². The topological polar surface area (TPSA) is 12.5 Å². The summed E-state index contributed by atoms with van der Waals surface area (Å²) in [5.41, 5.74) is 0.671. The van der Waals surface area contributed by atoms with E-state index in [9.17, 15) is 13.2 Å². The molecule has 2 atom stereocenters. The molecular weight excluding hydrogens is 315 g/mol. The third-order valence-corrected chi connectivity index (χ3v) is 5.24. The molecule has 2 nitrogen and oxygen atoms in total. The van der Waals surface area contributed by atoms with Crippen LogP contribution in [0.5, 0.6) is 0 Å². The zero-order chi connectivity index (χ0) is 14.6. The van der Waals surface area contributed by atoms with Gasteiger partial charge in [0.15, 0.2) is 0 Å². The van der Waals surface area contributed by atoms with Crippen molar-refractivity contribution in [1.82, 2.24) is 4.90 Å². The van der Waals surface area contributed by atoms with Crippen LogP contribution in [0, 0.1) is 0 Å². The van der Waals surface area contributed by atoms with Gasteiger partial charge in [-0.1, -0.05) is 18.6 Å². The lowest BCUT2D eigenvalue weighted by Gasteiger charge is -2.34. The molecule has 2 aliphatic heterocycles. The zero-order valence-corrected chi connectivity index (χ0v) is 12.9. The molecule has 1 aromatic carbocycles. The van der Waals surface area contributed by atoms with E-state index in [-0.39, 0.29) is 31.0 Å². The molecule has 2 heterocycles. The summed E-state index contributed by atoms with van der Waals surface area (Å²) in [6, 6.07) is 5.18. The minimum absolute atomic E-state index is 0. The number of rotatable bonds is 1. The Hall–Kier alpha value is -0.780. The Morgan fingerprint density at radius 1 is 1.14 bits per heavy atom. The lowest BCUT2D eigenvalue weighted by Crippen LogP contribution is -2.39. The molecule has 1 aliphatic carbocycles. The van der Waals surface area contributed by atoms with Crippen molar-refractivity contribution in [2.75, 3.05) is 13.1 Å². The standard InChI is InChI=1S/C16H18F3NO.ClH/c17-16(18,19)14-6-2-5-11-12-7-20(10-3-1-4-10)8-15(12)21-9-13(11)14;/h2,5-6,10,12,15H,1,3-4,7-9H2;1H/t12-,15-;/m1./s1. The average Bonchev–Trinajstić information content (AvgIpc) is 2.78. The summed E-state index contributed by atoms with van der Waals surface area (Å²) >= 11 is 0. The third kappa shape index (κ3) is 2.53. The Balaban J connectivity index is 0.00000144. The number of hydrogen-bond donors (Lipinski definition) is 0. The van der Waals surface area contributed by atoms with Crippen molar-refractivity contribution in [3.63, 3.8) is 0 Å². The summed E-state index contributed by atoms with van der Waals surface area (Å²) in [5.74, 6) is 0.0941. The van der Waals surface area contributed by atoms with Gasteiger partial charge in [0.05, 0.1) is 18.3 Å². The maximum Gasteiger partial charge on any atom is 0.416 e. The number of likely N-dealkylation sites (tertiary alicyclic amines) is 1. The molecule has 0 amide bonds. The maximum atomic E-state index is 13.1. The van der Waals surface area contributed by atoms with Crippen LogP contribution in [0.2, 0.25) is 0 Å². The van der Waals surface area contributed by atoms with Crippen LogP contribution in [-0.2, 0) is 17.5 Å². The molecule has 0 spiro atoms. The van der Waals surface area contributed by atoms with E-state index in [1.807, 2.05) is 6.07 Å². The van der Waals surface area contributed by atoms with Crippen molar-refractivity contribution < 1.29 is 17.9 Å². The molecule has 3 aliphatic rings. The molecule has 0 unspecified atom stereocenters. The lowest BCUT2D eigenvalue weighted by molar-refractivity contribution is -0.139. The van der Waals surface area contributed by atoms with Gasteiger partial charge in [0, 0.05) is 25.0 Å². The van der Waals surface area contributed by atoms with E-state index in [1.165, 1.54) is 31.4 Å². The second kappa shape index (κ2) is 5.69. The molecule has 4 rings (SSSR count). The number of nitrogens with zero attached hydrogens (tertiary/aromatic N) is 1. The summed E-state index contributed by atoms with van der Waals surface area (Å²) in [4.78, 5) is 2.41. The summed E-state index contributed by atoms with van der Waals surface area (Å²) in [7, 11) is 0. The minimum Gasteiger partial charge on any atom is -0.371 e. The van der Waals surface area contributed by atoms with Crippen LogP contribution in [0.1, 0.15) is 41.9 Å². The van der Waals surface area contributed by atoms with Gasteiger partial charge in [-0.25, -0.2) is 0 Å². The number of alkyl halides is 3. The highest BCUT2D eigenvalue weighted by atomic mass is 35.5. The highest BCUT2D eigenvalue weighted by Crippen LogP contribution is 2.43. The van der Waals surface area contributed by atoms with Gasteiger partial charge < -0.3 is 4.74 Å². The molecule has 22 heavy (non-hydrogen) atoms. The smallest absolute Gasteiger partial charge is 0.371 e. The molecule has 0 aromatic heterocycles. The predicted octanol–water partition coefficient (Wildman–Crippen LogP) is 3.98. The normalized spacial score (nSPS) is 28.5. The Morgan fingerprint density at radius 3 is 2.55 bits per heavy atom. The van der Waals surface area contributed by atoms with Gasteiger partial charge >= 0.3 is 6.18 Å². The molecule has 0 radical (unpaired) electrons. The second-order valence-electron chi connectivity index (χ2n) is 6.37. The lowest BCUT2D eigenvalue weighted by atomic mass is 9.87. The van der Waals surface area contributed by atoms with E-state index >= 15 is 0 Å². The third-order valence-electron chi connectivity index (χ3n) is 5.24. The van der Waals surface area contributed by atoms with Crippen LogP contribution in [0.15, 0.2) is 18.2 Å². The molecule has 2 fully saturated rings. The summed E-state index contributed by atoms with van der Waals surface area (Å²) < 4.78 is 45.1. The fourth-order valence-corrected chi connectivity index (χ4v) is 3.89. The summed E-state index contributed by atoms with van der Waals surface area (Å²) in [5, 5.41) is 0. The predicted molar refractivity (Wildman–Crippen MR) is 79.2 cm³/mol. The molecule has 122 valence electrons. The van der Waals surface area contributed by atoms with Crippen molar-refractivity contribution in [3.8, 4) is 0 Å². The van der Waals surface area contributed by atoms with Crippen LogP contribution in [0.25, 0.3) is 0 Å². The number of benzene rings is 1. The molecule has 1 aromatic rings. The quantitative estimate of drug-likeness (QED) is 0.771. The van der Waals surface area contributed by atoms with Crippen LogP contribution < -0.4 is 0 Å². The van der Waals surface area contributed by atoms with Gasteiger partial charge in [-0.05, 0) is 30.0 Å². The maximum absolute atomic E-state index is 13.1. The highest BCUT2D eigenvalue weighted by molar-refractivity contribution is 5.85. The van der Waals surface area contributed by atoms with Crippen molar-refractivity contribution in [2.24, 2.45) is 0 Å². The van der Waals surface area contributed by atoms with E-state index in [1.54, 1.807) is 0 Å². The SMILES string of the molecule is Cl.FC(F)(F)c1cccc2c1CO[C@@H]1CN(C3CCC3)C[C@H]21.